The van der Waals surface area contributed by atoms with Crippen molar-refractivity contribution in [2.75, 3.05) is 7.11 Å². The quantitative estimate of drug-likeness (QED) is 0.587. The van der Waals surface area contributed by atoms with Gasteiger partial charge in [-0.3, -0.25) is 0 Å². The normalized spacial score (nSPS) is 12.0. The fourth-order valence-corrected chi connectivity index (χ4v) is 2.70. The molecule has 0 bridgehead atoms. The molecule has 1 atom stereocenters. The first kappa shape index (κ1) is 19.9. The van der Waals surface area contributed by atoms with Crippen molar-refractivity contribution in [3.63, 3.8) is 0 Å². The lowest BCUT2D eigenvalue weighted by Crippen LogP contribution is -2.21. The summed E-state index contributed by atoms with van der Waals surface area (Å²) in [7, 11) is 1.65. The number of pyridine rings is 1. The van der Waals surface area contributed by atoms with Crippen LogP contribution in [0.3, 0.4) is 0 Å². The molecule has 0 aliphatic carbocycles. The van der Waals surface area contributed by atoms with E-state index < -0.39 is 11.9 Å². The number of hydrogen-bond acceptors (Lipinski definition) is 5. The van der Waals surface area contributed by atoms with Gasteiger partial charge in [-0.25, -0.2) is 14.6 Å². The molecule has 0 amide bonds. The van der Waals surface area contributed by atoms with Crippen molar-refractivity contribution >= 4 is 33.6 Å². The lowest BCUT2D eigenvalue weighted by Gasteiger charge is -2.11. The van der Waals surface area contributed by atoms with E-state index in [0.29, 0.717) is 18.0 Å². The summed E-state index contributed by atoms with van der Waals surface area (Å²) in [5.41, 5.74) is 7.11. The molecule has 4 N–H and O–H groups in total. The molecule has 0 fully saturated rings. The molecule has 8 heteroatoms. The summed E-state index contributed by atoms with van der Waals surface area (Å²) in [4.78, 5) is 23.4. The summed E-state index contributed by atoms with van der Waals surface area (Å²) in [6.07, 6.45) is 4.98. The Morgan fingerprint density at radius 2 is 1.85 bits per heavy atom. The van der Waals surface area contributed by atoms with Gasteiger partial charge in [0.1, 0.15) is 0 Å². The van der Waals surface area contributed by atoms with Gasteiger partial charge in [-0.2, -0.15) is 0 Å². The minimum Gasteiger partial charge on any atom is -0.481 e. The maximum absolute atomic E-state index is 9.55. The molecule has 0 saturated heterocycles. The molecule has 27 heavy (non-hydrogen) atoms. The van der Waals surface area contributed by atoms with E-state index in [4.69, 9.17) is 20.7 Å². The zero-order valence-corrected chi connectivity index (χ0v) is 15.0. The summed E-state index contributed by atoms with van der Waals surface area (Å²) in [6, 6.07) is 8.41. The van der Waals surface area contributed by atoms with Crippen LogP contribution in [0.5, 0.6) is 5.88 Å². The number of nitrogens with zero attached hydrogens (tertiary/aromatic N) is 2. The number of methoxy groups -OCH3 is 1. The van der Waals surface area contributed by atoms with E-state index in [1.54, 1.807) is 13.3 Å². The third-order valence-corrected chi connectivity index (χ3v) is 3.68. The summed E-state index contributed by atoms with van der Waals surface area (Å²) in [5, 5.41) is 19.0. The first-order chi connectivity index (χ1) is 12.8. The van der Waals surface area contributed by atoms with Gasteiger partial charge in [-0.05, 0) is 25.1 Å². The van der Waals surface area contributed by atoms with E-state index >= 15 is 0 Å². The number of benzene rings is 1. The summed E-state index contributed by atoms with van der Waals surface area (Å²) in [5.74, 6) is -1.85. The number of carboxylic acid groups (broad SMARTS) is 2. The number of ether oxygens (including phenoxy) is 1. The maximum atomic E-state index is 9.55. The molecule has 0 saturated carbocycles. The lowest BCUT2D eigenvalue weighted by molar-refractivity contribution is -0.134. The van der Waals surface area contributed by atoms with Gasteiger partial charge in [0.2, 0.25) is 5.88 Å². The van der Waals surface area contributed by atoms with Gasteiger partial charge in [-0.15, -0.1) is 0 Å². The average molecular weight is 371 g/mol. The van der Waals surface area contributed by atoms with Gasteiger partial charge in [0.25, 0.3) is 0 Å². The Balaban J connectivity index is 0.000000279. The van der Waals surface area contributed by atoms with Gasteiger partial charge in [-0.1, -0.05) is 6.07 Å². The standard InChI is InChI=1S/C15H17N3O.C4H4O4/c1-10(16)9-18-8-6-11-3-4-13-12(14(11)18)5-7-17-15(13)19-2;5-3(6)1-2-4(7)8/h3-8,10H,9,16H2,1-2H3;1-2H,(H,5,6)(H,7,8)/b;2-1+/t10-;/m0./s1. The van der Waals surface area contributed by atoms with E-state index in [1.807, 2.05) is 13.0 Å². The molecule has 2 aromatic heterocycles. The Hall–Kier alpha value is -3.39. The number of carboxylic acids is 2. The van der Waals surface area contributed by atoms with Crippen LogP contribution in [0.15, 0.2) is 48.8 Å². The van der Waals surface area contributed by atoms with E-state index in [9.17, 15) is 9.59 Å². The molecule has 0 unspecified atom stereocenters. The first-order valence-corrected chi connectivity index (χ1v) is 8.13. The Kier molecular flexibility index (Phi) is 6.51. The predicted octanol–water partition coefficient (Wildman–Crippen LogP) is 2.26. The van der Waals surface area contributed by atoms with Crippen LogP contribution >= 0.6 is 0 Å². The van der Waals surface area contributed by atoms with Gasteiger partial charge < -0.3 is 25.3 Å². The fraction of sp³-hybridized carbons (Fsp3) is 0.211. The van der Waals surface area contributed by atoms with E-state index in [-0.39, 0.29) is 6.04 Å². The Morgan fingerprint density at radius 3 is 2.41 bits per heavy atom. The van der Waals surface area contributed by atoms with Crippen LogP contribution in [0.1, 0.15) is 6.92 Å². The number of aliphatic carboxylic acids is 2. The van der Waals surface area contributed by atoms with Crippen LogP contribution in [0.2, 0.25) is 0 Å². The van der Waals surface area contributed by atoms with Crippen molar-refractivity contribution < 1.29 is 24.5 Å². The topological polar surface area (TPSA) is 128 Å². The highest BCUT2D eigenvalue weighted by atomic mass is 16.5. The molecule has 1 aromatic carbocycles. The molecule has 2 heterocycles. The number of nitrogens with two attached hydrogens (primary N) is 1. The molecule has 0 spiro atoms. The number of aromatic nitrogens is 2. The van der Waals surface area contributed by atoms with Gasteiger partial charge in [0, 0.05) is 53.3 Å². The van der Waals surface area contributed by atoms with Crippen molar-refractivity contribution in [3.8, 4) is 5.88 Å². The second-order valence-electron chi connectivity index (χ2n) is 5.87. The van der Waals surface area contributed by atoms with Crippen LogP contribution in [0, 0.1) is 0 Å². The molecule has 8 nitrogen and oxygen atoms in total. The molecule has 0 radical (unpaired) electrons. The summed E-state index contributed by atoms with van der Waals surface area (Å²) in [6.45, 7) is 2.81. The lowest BCUT2D eigenvalue weighted by atomic mass is 10.1. The Labute approximate surface area is 155 Å². The number of carbonyl (C=O) groups is 2. The predicted molar refractivity (Wildman–Crippen MR) is 102 cm³/mol. The highest BCUT2D eigenvalue weighted by Gasteiger charge is 2.10. The zero-order valence-electron chi connectivity index (χ0n) is 15.0. The van der Waals surface area contributed by atoms with Crippen molar-refractivity contribution in [1.29, 1.82) is 0 Å². The molecule has 142 valence electrons. The minimum atomic E-state index is -1.26. The number of hydrogen-bond donors (Lipinski definition) is 3. The highest BCUT2D eigenvalue weighted by Crippen LogP contribution is 2.30. The molecule has 3 rings (SSSR count). The highest BCUT2D eigenvalue weighted by molar-refractivity contribution is 6.07. The third-order valence-electron chi connectivity index (χ3n) is 3.68. The van der Waals surface area contributed by atoms with Crippen molar-refractivity contribution in [2.24, 2.45) is 5.73 Å². The first-order valence-electron chi connectivity index (χ1n) is 8.13. The fourth-order valence-electron chi connectivity index (χ4n) is 2.70. The Morgan fingerprint density at radius 1 is 1.19 bits per heavy atom. The van der Waals surface area contributed by atoms with Crippen molar-refractivity contribution in [2.45, 2.75) is 19.5 Å². The van der Waals surface area contributed by atoms with E-state index in [0.717, 1.165) is 17.3 Å². The SMILES string of the molecule is COc1nccc2c1ccc1ccn(C[C@H](C)N)c12.O=C(O)/C=C/C(=O)O. The van der Waals surface area contributed by atoms with Crippen LogP contribution in [-0.2, 0) is 16.1 Å². The van der Waals surface area contributed by atoms with Crippen LogP contribution in [0.4, 0.5) is 0 Å². The van der Waals surface area contributed by atoms with Crippen LogP contribution in [0.25, 0.3) is 21.7 Å². The van der Waals surface area contributed by atoms with Crippen molar-refractivity contribution in [1.82, 2.24) is 9.55 Å². The molecule has 3 aromatic rings. The average Bonchev–Trinajstić information content (AvgIpc) is 3.02. The van der Waals surface area contributed by atoms with Crippen LogP contribution < -0.4 is 10.5 Å². The smallest absolute Gasteiger partial charge is 0.328 e. The molecule has 0 aliphatic heterocycles. The number of rotatable bonds is 5. The number of fused-ring (bicyclic) bond motifs is 3. The molecular weight excluding hydrogens is 350 g/mol. The van der Waals surface area contributed by atoms with Gasteiger partial charge in [0.05, 0.1) is 12.6 Å². The molecule has 0 aliphatic rings. The molecular formula is C19H21N3O5. The van der Waals surface area contributed by atoms with E-state index in [1.165, 1.54) is 10.9 Å². The van der Waals surface area contributed by atoms with Crippen LogP contribution in [-0.4, -0.2) is 44.9 Å². The largest absolute Gasteiger partial charge is 0.481 e. The Bertz CT molecular complexity index is 976. The van der Waals surface area contributed by atoms with E-state index in [2.05, 4.69) is 33.9 Å². The second kappa shape index (κ2) is 8.81. The third kappa shape index (κ3) is 5.05. The monoisotopic (exact) mass is 371 g/mol. The van der Waals surface area contributed by atoms with Gasteiger partial charge >= 0.3 is 11.9 Å². The maximum Gasteiger partial charge on any atom is 0.328 e. The minimum absolute atomic E-state index is 0.120. The zero-order chi connectivity index (χ0) is 20.0. The summed E-state index contributed by atoms with van der Waals surface area (Å²) < 4.78 is 7.53. The van der Waals surface area contributed by atoms with Crippen molar-refractivity contribution in [3.05, 3.63) is 48.8 Å². The van der Waals surface area contributed by atoms with Gasteiger partial charge in [0.15, 0.2) is 0 Å². The second-order valence-corrected chi connectivity index (χ2v) is 5.87. The summed E-state index contributed by atoms with van der Waals surface area (Å²) >= 11 is 0.